The molecule has 0 radical (unpaired) electrons. The van der Waals surface area contributed by atoms with E-state index in [0.717, 1.165) is 5.56 Å². The lowest BCUT2D eigenvalue weighted by molar-refractivity contribution is 0.143. The molecule has 2 aromatic rings. The number of para-hydroxylation sites is 1. The van der Waals surface area contributed by atoms with Gasteiger partial charge in [-0.15, -0.1) is 0 Å². The zero-order valence-corrected chi connectivity index (χ0v) is 14.8. The summed E-state index contributed by atoms with van der Waals surface area (Å²) in [6, 6.07) is 19.1. The molecule has 2 aliphatic rings. The summed E-state index contributed by atoms with van der Waals surface area (Å²) in [5.41, 5.74) is 1.78. The Hall–Kier alpha value is -1.89. The van der Waals surface area contributed by atoms with Gasteiger partial charge >= 0.3 is 0 Å². The number of hydrogen-bond acceptors (Lipinski definition) is 4. The summed E-state index contributed by atoms with van der Waals surface area (Å²) in [6.45, 7) is 1.88. The van der Waals surface area contributed by atoms with Gasteiger partial charge in [0.05, 0.1) is 18.3 Å². The van der Waals surface area contributed by atoms with Gasteiger partial charge in [0.1, 0.15) is 4.75 Å². The molecular weight excluding hydrogens is 336 g/mol. The lowest BCUT2D eigenvalue weighted by atomic mass is 10.0. The third-order valence-electron chi connectivity index (χ3n) is 5.39. The van der Waals surface area contributed by atoms with Crippen LogP contribution in [0.3, 0.4) is 0 Å². The normalized spacial score (nSPS) is 28.7. The third-order valence-corrected chi connectivity index (χ3v) is 7.96. The van der Waals surface area contributed by atoms with Crippen LogP contribution in [0.25, 0.3) is 0 Å². The van der Waals surface area contributed by atoms with Gasteiger partial charge in [0, 0.05) is 19.6 Å². The number of anilines is 1. The highest BCUT2D eigenvalue weighted by molar-refractivity contribution is 7.94. The Morgan fingerprint density at radius 3 is 2.36 bits per heavy atom. The highest BCUT2D eigenvalue weighted by atomic mass is 32.2. The van der Waals surface area contributed by atoms with Gasteiger partial charge in [-0.05, 0) is 24.1 Å². The summed E-state index contributed by atoms with van der Waals surface area (Å²) in [4.78, 5) is 2.13. The first-order chi connectivity index (χ1) is 12.0. The fourth-order valence-corrected chi connectivity index (χ4v) is 6.28. The van der Waals surface area contributed by atoms with Crippen molar-refractivity contribution in [3.63, 3.8) is 0 Å². The molecule has 2 atom stereocenters. The zero-order valence-electron chi connectivity index (χ0n) is 14.0. The Kier molecular flexibility index (Phi) is 4.06. The van der Waals surface area contributed by atoms with Gasteiger partial charge in [0.2, 0.25) is 10.0 Å². The average Bonchev–Trinajstić information content (AvgIpc) is 3.13. The second-order valence-electron chi connectivity index (χ2n) is 6.90. The molecule has 2 aromatic carbocycles. The molecule has 2 saturated heterocycles. The first-order valence-electron chi connectivity index (χ1n) is 8.55. The summed E-state index contributed by atoms with van der Waals surface area (Å²) in [5, 5.41) is 10.7. The van der Waals surface area contributed by atoms with Crippen LogP contribution in [-0.4, -0.2) is 48.9 Å². The van der Waals surface area contributed by atoms with Crippen molar-refractivity contribution < 1.29 is 13.5 Å². The largest absolute Gasteiger partial charge is 0.389 e. The highest BCUT2D eigenvalue weighted by Gasteiger charge is 2.61. The predicted molar refractivity (Wildman–Crippen MR) is 97.8 cm³/mol. The molecule has 0 amide bonds. The van der Waals surface area contributed by atoms with Crippen molar-refractivity contribution >= 4 is 15.7 Å². The van der Waals surface area contributed by atoms with Gasteiger partial charge in [-0.25, -0.2) is 8.42 Å². The van der Waals surface area contributed by atoms with Crippen molar-refractivity contribution in [3.8, 4) is 0 Å². The van der Waals surface area contributed by atoms with Crippen molar-refractivity contribution in [2.75, 3.05) is 23.9 Å². The molecule has 5 nitrogen and oxygen atoms in total. The molecule has 0 aromatic heterocycles. The van der Waals surface area contributed by atoms with Gasteiger partial charge in [-0.3, -0.25) is 9.21 Å². The molecule has 0 saturated carbocycles. The van der Waals surface area contributed by atoms with E-state index in [2.05, 4.69) is 4.90 Å². The van der Waals surface area contributed by atoms with Crippen LogP contribution in [0.5, 0.6) is 0 Å². The molecule has 0 aliphatic carbocycles. The summed E-state index contributed by atoms with van der Waals surface area (Å²) in [5.74, 6) is 0. The molecule has 2 heterocycles. The Bertz CT molecular complexity index is 841. The van der Waals surface area contributed by atoms with E-state index >= 15 is 0 Å². The molecule has 2 aliphatic heterocycles. The van der Waals surface area contributed by atoms with Gasteiger partial charge in [0.15, 0.2) is 0 Å². The van der Waals surface area contributed by atoms with E-state index in [1.807, 2.05) is 48.5 Å². The van der Waals surface area contributed by atoms with E-state index in [1.54, 1.807) is 12.1 Å². The lowest BCUT2D eigenvalue weighted by Gasteiger charge is -2.27. The maximum Gasteiger partial charge on any atom is 0.244 e. The average molecular weight is 358 g/mol. The standard InChI is InChI=1S/C19H22N2O3S/c22-18-14-21(17-9-5-2-6-10-17)25(23,24)19(18)11-12-20(15-19)13-16-7-3-1-4-8-16/h1-10,18,22H,11-15H2/t18-,19-/m1/s1. The van der Waals surface area contributed by atoms with Crippen LogP contribution in [0, 0.1) is 0 Å². The fourth-order valence-electron chi connectivity index (χ4n) is 3.99. The Morgan fingerprint density at radius 1 is 1.04 bits per heavy atom. The molecular formula is C19H22N2O3S. The number of aliphatic hydroxyl groups excluding tert-OH is 1. The number of likely N-dealkylation sites (tertiary alicyclic amines) is 1. The van der Waals surface area contributed by atoms with Gasteiger partial charge in [-0.2, -0.15) is 0 Å². The van der Waals surface area contributed by atoms with Crippen molar-refractivity contribution in [2.24, 2.45) is 0 Å². The minimum absolute atomic E-state index is 0.130. The summed E-state index contributed by atoms with van der Waals surface area (Å²) in [7, 11) is -3.61. The van der Waals surface area contributed by atoms with Gasteiger partial charge in [0.25, 0.3) is 0 Å². The van der Waals surface area contributed by atoms with Crippen LogP contribution in [0.4, 0.5) is 5.69 Å². The number of hydrogen-bond donors (Lipinski definition) is 1. The predicted octanol–water partition coefficient (Wildman–Crippen LogP) is 1.84. The Morgan fingerprint density at radius 2 is 1.68 bits per heavy atom. The van der Waals surface area contributed by atoms with Crippen molar-refractivity contribution in [3.05, 3.63) is 66.2 Å². The van der Waals surface area contributed by atoms with E-state index < -0.39 is 20.9 Å². The van der Waals surface area contributed by atoms with Crippen LogP contribution in [0.1, 0.15) is 12.0 Å². The zero-order chi connectivity index (χ0) is 17.5. The summed E-state index contributed by atoms with van der Waals surface area (Å²) >= 11 is 0. The monoisotopic (exact) mass is 358 g/mol. The van der Waals surface area contributed by atoms with Crippen molar-refractivity contribution in [2.45, 2.75) is 23.8 Å². The number of aliphatic hydroxyl groups is 1. The third kappa shape index (κ3) is 2.65. The molecule has 6 heteroatoms. The van der Waals surface area contributed by atoms with Crippen molar-refractivity contribution in [1.82, 2.24) is 4.90 Å². The number of sulfonamides is 1. The minimum atomic E-state index is -3.61. The number of β-amino-alcohol motifs (C(OH)–C–C–N with tert-alkyl or cyclic N) is 1. The second-order valence-corrected chi connectivity index (χ2v) is 9.10. The van der Waals surface area contributed by atoms with Crippen LogP contribution >= 0.6 is 0 Å². The van der Waals surface area contributed by atoms with E-state index in [1.165, 1.54) is 4.31 Å². The first kappa shape index (κ1) is 16.6. The summed E-state index contributed by atoms with van der Waals surface area (Å²) < 4.78 is 26.8. The molecule has 2 fully saturated rings. The van der Waals surface area contributed by atoms with E-state index in [9.17, 15) is 13.5 Å². The van der Waals surface area contributed by atoms with Crippen LogP contribution < -0.4 is 4.31 Å². The Balaban J connectivity index is 1.60. The fraction of sp³-hybridized carbons (Fsp3) is 0.368. The molecule has 0 unspecified atom stereocenters. The van der Waals surface area contributed by atoms with E-state index in [0.29, 0.717) is 31.7 Å². The van der Waals surface area contributed by atoms with Gasteiger partial charge < -0.3 is 5.11 Å². The second kappa shape index (κ2) is 6.12. The molecule has 4 rings (SSSR count). The summed E-state index contributed by atoms with van der Waals surface area (Å²) in [6.07, 6.45) is -0.411. The van der Waals surface area contributed by atoms with Crippen LogP contribution in [0.15, 0.2) is 60.7 Å². The first-order valence-corrected chi connectivity index (χ1v) is 9.99. The number of nitrogens with zero attached hydrogens (tertiary/aromatic N) is 2. The SMILES string of the molecule is O=S1(=O)N(c2ccccc2)C[C@@H](O)[C@]12CCN(Cc1ccccc1)C2. The molecule has 25 heavy (non-hydrogen) atoms. The van der Waals surface area contributed by atoms with E-state index in [-0.39, 0.29) is 6.54 Å². The van der Waals surface area contributed by atoms with Gasteiger partial charge in [-0.1, -0.05) is 48.5 Å². The maximum absolute atomic E-state index is 13.3. The Labute approximate surface area is 148 Å². The molecule has 1 N–H and O–H groups in total. The van der Waals surface area contributed by atoms with Crippen LogP contribution in [0.2, 0.25) is 0 Å². The number of rotatable bonds is 3. The van der Waals surface area contributed by atoms with Crippen molar-refractivity contribution in [1.29, 1.82) is 0 Å². The smallest absolute Gasteiger partial charge is 0.244 e. The molecule has 1 spiro atoms. The molecule has 0 bridgehead atoms. The van der Waals surface area contributed by atoms with Crippen LogP contribution in [-0.2, 0) is 16.6 Å². The highest BCUT2D eigenvalue weighted by Crippen LogP contribution is 2.43. The maximum atomic E-state index is 13.3. The minimum Gasteiger partial charge on any atom is -0.389 e. The number of benzene rings is 2. The quantitative estimate of drug-likeness (QED) is 0.910. The lowest BCUT2D eigenvalue weighted by Crippen LogP contribution is -2.47. The molecule has 132 valence electrons. The topological polar surface area (TPSA) is 60.9 Å². The van der Waals surface area contributed by atoms with E-state index in [4.69, 9.17) is 0 Å².